The van der Waals surface area contributed by atoms with Crippen molar-refractivity contribution in [1.82, 2.24) is 10.2 Å². The largest absolute Gasteiger partial charge is 0.416 e. The lowest BCUT2D eigenvalue weighted by molar-refractivity contribution is -0.137. The minimum atomic E-state index is -4.43. The Morgan fingerprint density at radius 1 is 1.03 bits per heavy atom. The normalized spacial score (nSPS) is 14.2. The van der Waals surface area contributed by atoms with Crippen LogP contribution in [0.3, 0.4) is 0 Å². The zero-order valence-electron chi connectivity index (χ0n) is 16.2. The molecule has 2 N–H and O–H groups in total. The van der Waals surface area contributed by atoms with Gasteiger partial charge in [-0.05, 0) is 54.3 Å². The van der Waals surface area contributed by atoms with Gasteiger partial charge in [0.25, 0.3) is 0 Å². The fourth-order valence-electron chi connectivity index (χ4n) is 3.12. The van der Waals surface area contributed by atoms with Crippen LogP contribution in [-0.2, 0) is 17.5 Å². The predicted octanol–water partition coefficient (Wildman–Crippen LogP) is 4.66. The van der Waals surface area contributed by atoms with Crippen LogP contribution in [0.4, 0.5) is 23.7 Å². The maximum absolute atomic E-state index is 12.7. The van der Waals surface area contributed by atoms with E-state index in [0.29, 0.717) is 5.69 Å². The molecular formula is C22H22F3N3O2. The number of alkyl halides is 3. The number of hydrogen-bond donors (Lipinski definition) is 2. The molecule has 1 aliphatic heterocycles. The molecule has 5 nitrogen and oxygen atoms in total. The molecule has 0 atom stereocenters. The standard InChI is InChI=1S/C22H22F3N3O2/c23-22(24,25)18-7-3-5-16(13-18)9-10-20(29)26-15-17-6-4-8-19(14-17)27-21(30)28-11-1-2-12-28/h3-10,13-14H,1-2,11-12,15H2,(H,26,29)(H,27,30)/b10-9+. The Hall–Kier alpha value is -3.29. The van der Waals surface area contributed by atoms with Crippen LogP contribution in [0, 0.1) is 0 Å². The first kappa shape index (κ1) is 21.4. The van der Waals surface area contributed by atoms with E-state index in [4.69, 9.17) is 0 Å². The van der Waals surface area contributed by atoms with Crippen LogP contribution in [0.5, 0.6) is 0 Å². The van der Waals surface area contributed by atoms with Crippen LogP contribution in [-0.4, -0.2) is 29.9 Å². The second-order valence-electron chi connectivity index (χ2n) is 7.00. The third-order valence-corrected chi connectivity index (χ3v) is 4.68. The van der Waals surface area contributed by atoms with E-state index in [1.54, 1.807) is 23.1 Å². The molecule has 3 rings (SSSR count). The summed E-state index contributed by atoms with van der Waals surface area (Å²) in [5.74, 6) is -0.432. The van der Waals surface area contributed by atoms with Crippen molar-refractivity contribution in [2.75, 3.05) is 18.4 Å². The topological polar surface area (TPSA) is 61.4 Å². The van der Waals surface area contributed by atoms with E-state index in [2.05, 4.69) is 10.6 Å². The van der Waals surface area contributed by atoms with Crippen molar-refractivity contribution in [1.29, 1.82) is 0 Å². The molecule has 1 aliphatic rings. The van der Waals surface area contributed by atoms with E-state index in [0.717, 1.165) is 43.6 Å². The van der Waals surface area contributed by atoms with E-state index in [9.17, 15) is 22.8 Å². The summed E-state index contributed by atoms with van der Waals surface area (Å²) < 4.78 is 38.2. The van der Waals surface area contributed by atoms with Crippen molar-refractivity contribution in [3.8, 4) is 0 Å². The van der Waals surface area contributed by atoms with Crippen molar-refractivity contribution in [3.63, 3.8) is 0 Å². The number of halogens is 3. The monoisotopic (exact) mass is 417 g/mol. The minimum absolute atomic E-state index is 0.141. The highest BCUT2D eigenvalue weighted by molar-refractivity contribution is 5.92. The van der Waals surface area contributed by atoms with Crippen molar-refractivity contribution < 1.29 is 22.8 Å². The SMILES string of the molecule is O=C(/C=C/c1cccc(C(F)(F)F)c1)NCc1cccc(NC(=O)N2CCCC2)c1. The molecule has 1 heterocycles. The van der Waals surface area contributed by atoms with Gasteiger partial charge < -0.3 is 15.5 Å². The molecule has 1 saturated heterocycles. The van der Waals surface area contributed by atoms with E-state index < -0.39 is 17.6 Å². The number of nitrogens with one attached hydrogen (secondary N) is 2. The Morgan fingerprint density at radius 2 is 1.77 bits per heavy atom. The Kier molecular flexibility index (Phi) is 6.76. The smallest absolute Gasteiger partial charge is 0.348 e. The second-order valence-corrected chi connectivity index (χ2v) is 7.00. The molecule has 2 aromatic carbocycles. The first-order valence-electron chi connectivity index (χ1n) is 9.59. The first-order chi connectivity index (χ1) is 14.3. The molecule has 0 saturated carbocycles. The number of urea groups is 1. The molecule has 1 fully saturated rings. The molecule has 0 aromatic heterocycles. The van der Waals surface area contributed by atoms with Crippen molar-refractivity contribution in [3.05, 3.63) is 71.3 Å². The molecule has 2 aromatic rings. The van der Waals surface area contributed by atoms with Crippen LogP contribution in [0.2, 0.25) is 0 Å². The van der Waals surface area contributed by atoms with Gasteiger partial charge in [-0.2, -0.15) is 13.2 Å². The summed E-state index contributed by atoms with van der Waals surface area (Å²) in [5.41, 5.74) is 0.942. The van der Waals surface area contributed by atoms with Gasteiger partial charge >= 0.3 is 12.2 Å². The zero-order valence-corrected chi connectivity index (χ0v) is 16.2. The average molecular weight is 417 g/mol. The van der Waals surface area contributed by atoms with E-state index in [1.807, 2.05) is 6.07 Å². The average Bonchev–Trinajstić information content (AvgIpc) is 3.26. The Bertz CT molecular complexity index is 935. The highest BCUT2D eigenvalue weighted by Gasteiger charge is 2.30. The Labute approximate surface area is 172 Å². The molecule has 0 bridgehead atoms. The van der Waals surface area contributed by atoms with Crippen LogP contribution >= 0.6 is 0 Å². The minimum Gasteiger partial charge on any atom is -0.348 e. The number of hydrogen-bond acceptors (Lipinski definition) is 2. The van der Waals surface area contributed by atoms with Crippen molar-refractivity contribution >= 4 is 23.7 Å². The van der Waals surface area contributed by atoms with E-state index in [1.165, 1.54) is 24.3 Å². The number of nitrogens with zero attached hydrogens (tertiary/aromatic N) is 1. The highest BCUT2D eigenvalue weighted by Crippen LogP contribution is 2.29. The summed E-state index contributed by atoms with van der Waals surface area (Å²) in [6.45, 7) is 1.72. The van der Waals surface area contributed by atoms with Crippen molar-refractivity contribution in [2.24, 2.45) is 0 Å². The third-order valence-electron chi connectivity index (χ3n) is 4.68. The first-order valence-corrected chi connectivity index (χ1v) is 9.59. The summed E-state index contributed by atoms with van der Waals surface area (Å²) in [4.78, 5) is 25.9. The van der Waals surface area contributed by atoms with Gasteiger partial charge in [-0.1, -0.05) is 24.3 Å². The molecular weight excluding hydrogens is 395 g/mol. The van der Waals surface area contributed by atoms with Gasteiger partial charge in [-0.25, -0.2) is 4.79 Å². The highest BCUT2D eigenvalue weighted by atomic mass is 19.4. The second kappa shape index (κ2) is 9.47. The quantitative estimate of drug-likeness (QED) is 0.695. The van der Waals surface area contributed by atoms with Gasteiger partial charge in [0.15, 0.2) is 0 Å². The van der Waals surface area contributed by atoms with Gasteiger partial charge in [0, 0.05) is 31.4 Å². The Morgan fingerprint density at radius 3 is 2.50 bits per heavy atom. The fourth-order valence-corrected chi connectivity index (χ4v) is 3.12. The number of anilines is 1. The van der Waals surface area contributed by atoms with E-state index in [-0.39, 0.29) is 18.1 Å². The number of rotatable bonds is 5. The van der Waals surface area contributed by atoms with Gasteiger partial charge in [0.05, 0.1) is 5.56 Å². The zero-order chi connectivity index (χ0) is 21.6. The lowest BCUT2D eigenvalue weighted by Gasteiger charge is -2.16. The fraction of sp³-hybridized carbons (Fsp3) is 0.273. The summed E-state index contributed by atoms with van der Waals surface area (Å²) in [6.07, 6.45) is 0.105. The van der Waals surface area contributed by atoms with Crippen LogP contribution < -0.4 is 10.6 Å². The van der Waals surface area contributed by atoms with Gasteiger partial charge in [-0.3, -0.25) is 4.79 Å². The molecule has 8 heteroatoms. The van der Waals surface area contributed by atoms with Gasteiger partial charge in [-0.15, -0.1) is 0 Å². The molecule has 30 heavy (non-hydrogen) atoms. The van der Waals surface area contributed by atoms with E-state index >= 15 is 0 Å². The number of carbonyl (C=O) groups excluding carboxylic acids is 2. The summed E-state index contributed by atoms with van der Waals surface area (Å²) in [5, 5.41) is 5.52. The lowest BCUT2D eigenvalue weighted by Crippen LogP contribution is -2.32. The summed E-state index contributed by atoms with van der Waals surface area (Å²) in [6, 6.07) is 11.7. The predicted molar refractivity (Wildman–Crippen MR) is 109 cm³/mol. The van der Waals surface area contributed by atoms with Gasteiger partial charge in [0.2, 0.25) is 5.91 Å². The molecule has 3 amide bonds. The maximum atomic E-state index is 12.7. The number of carbonyl (C=O) groups is 2. The van der Waals surface area contributed by atoms with Crippen LogP contribution in [0.1, 0.15) is 29.5 Å². The molecule has 0 unspecified atom stereocenters. The molecule has 0 spiro atoms. The Balaban J connectivity index is 1.53. The molecule has 0 radical (unpaired) electrons. The number of likely N-dealkylation sites (tertiary alicyclic amines) is 1. The van der Waals surface area contributed by atoms with Crippen molar-refractivity contribution in [2.45, 2.75) is 25.6 Å². The molecule has 158 valence electrons. The maximum Gasteiger partial charge on any atom is 0.416 e. The lowest BCUT2D eigenvalue weighted by atomic mass is 10.1. The molecule has 0 aliphatic carbocycles. The summed E-state index contributed by atoms with van der Waals surface area (Å²) >= 11 is 0. The van der Waals surface area contributed by atoms with Gasteiger partial charge in [0.1, 0.15) is 0 Å². The van der Waals surface area contributed by atoms with Crippen LogP contribution in [0.25, 0.3) is 6.08 Å². The summed E-state index contributed by atoms with van der Waals surface area (Å²) in [7, 11) is 0. The number of benzene rings is 2. The number of amides is 3. The third kappa shape index (κ3) is 6.10. The van der Waals surface area contributed by atoms with Crippen LogP contribution in [0.15, 0.2) is 54.6 Å².